The number of phenolic OH excluding ortho intramolecular Hbond substituents is 1. The smallest absolute Gasteiger partial charge is 0.221 e. The van der Waals surface area contributed by atoms with Gasteiger partial charge in [0.15, 0.2) is 5.78 Å². The summed E-state index contributed by atoms with van der Waals surface area (Å²) >= 11 is 0. The highest BCUT2D eigenvalue weighted by Crippen LogP contribution is 2.25. The average molecular weight is 384 g/mol. The molecular weight excluding hydrogens is 356 g/mol. The lowest BCUT2D eigenvalue weighted by atomic mass is 10.0. The third-order valence-electron chi connectivity index (χ3n) is 4.40. The summed E-state index contributed by atoms with van der Waals surface area (Å²) in [5.74, 6) is 0.563. The van der Waals surface area contributed by atoms with Crippen molar-refractivity contribution in [2.75, 3.05) is 25.5 Å². The Morgan fingerprint density at radius 1 is 1.07 bits per heavy atom. The van der Waals surface area contributed by atoms with E-state index in [4.69, 9.17) is 4.74 Å². The van der Waals surface area contributed by atoms with Crippen LogP contribution in [0.1, 0.15) is 42.1 Å². The van der Waals surface area contributed by atoms with Crippen LogP contribution in [0.5, 0.6) is 11.5 Å². The molecule has 2 rings (SSSR count). The topological polar surface area (TPSA) is 87.7 Å². The second-order valence-corrected chi connectivity index (χ2v) is 6.61. The molecule has 0 heterocycles. The van der Waals surface area contributed by atoms with Crippen LogP contribution in [-0.4, -0.2) is 37.0 Å². The van der Waals surface area contributed by atoms with Gasteiger partial charge in [0.2, 0.25) is 5.91 Å². The van der Waals surface area contributed by atoms with Crippen molar-refractivity contribution < 1.29 is 19.4 Å². The largest absolute Gasteiger partial charge is 0.506 e. The zero-order valence-electron chi connectivity index (χ0n) is 16.5. The van der Waals surface area contributed by atoms with Gasteiger partial charge in [0, 0.05) is 18.9 Å². The van der Waals surface area contributed by atoms with Crippen LogP contribution in [0.15, 0.2) is 42.5 Å². The summed E-state index contributed by atoms with van der Waals surface area (Å²) < 4.78 is 5.34. The van der Waals surface area contributed by atoms with Crippen molar-refractivity contribution in [1.29, 1.82) is 0 Å². The summed E-state index contributed by atoms with van der Waals surface area (Å²) in [7, 11) is 1.68. The fraction of sp³-hybridized carbons (Fsp3) is 0.364. The van der Waals surface area contributed by atoms with E-state index in [1.807, 2.05) is 18.2 Å². The Balaban J connectivity index is 1.68. The Morgan fingerprint density at radius 2 is 1.86 bits per heavy atom. The van der Waals surface area contributed by atoms with Crippen LogP contribution in [-0.2, 0) is 11.2 Å². The molecule has 0 aliphatic heterocycles. The van der Waals surface area contributed by atoms with E-state index in [1.54, 1.807) is 13.2 Å². The minimum atomic E-state index is -0.293. The Kier molecular flexibility index (Phi) is 8.49. The first-order chi connectivity index (χ1) is 13.5. The van der Waals surface area contributed by atoms with E-state index in [2.05, 4.69) is 16.7 Å². The van der Waals surface area contributed by atoms with Gasteiger partial charge in [-0.1, -0.05) is 18.2 Å². The number of benzene rings is 2. The van der Waals surface area contributed by atoms with Crippen LogP contribution in [0.25, 0.3) is 0 Å². The molecule has 0 aliphatic carbocycles. The molecule has 0 saturated carbocycles. The highest BCUT2D eigenvalue weighted by atomic mass is 16.5. The first-order valence-electron chi connectivity index (χ1n) is 9.47. The first-order valence-corrected chi connectivity index (χ1v) is 9.47. The Hall–Kier alpha value is -2.86. The number of Topliss-reactive ketones (excluding diaryl/α,β-unsaturated/α-hetero) is 1. The molecule has 3 N–H and O–H groups in total. The van der Waals surface area contributed by atoms with E-state index in [1.165, 1.54) is 24.6 Å². The lowest BCUT2D eigenvalue weighted by molar-refractivity contribution is -0.114. The van der Waals surface area contributed by atoms with Crippen molar-refractivity contribution in [1.82, 2.24) is 5.32 Å². The predicted octanol–water partition coefficient (Wildman–Crippen LogP) is 3.54. The number of hydrogen-bond donors (Lipinski definition) is 3. The van der Waals surface area contributed by atoms with Crippen LogP contribution in [0.2, 0.25) is 0 Å². The summed E-state index contributed by atoms with van der Waals surface area (Å²) in [5.41, 5.74) is 1.93. The number of unbranched alkanes of at least 4 members (excludes halogenated alkanes) is 1. The maximum Gasteiger partial charge on any atom is 0.221 e. The van der Waals surface area contributed by atoms with Crippen LogP contribution < -0.4 is 15.4 Å². The maximum atomic E-state index is 12.3. The molecule has 0 aliphatic rings. The molecule has 6 nitrogen and oxygen atoms in total. The lowest BCUT2D eigenvalue weighted by Gasteiger charge is -2.09. The van der Waals surface area contributed by atoms with E-state index < -0.39 is 0 Å². The average Bonchev–Trinajstić information content (AvgIpc) is 2.68. The van der Waals surface area contributed by atoms with E-state index in [0.717, 1.165) is 38.1 Å². The van der Waals surface area contributed by atoms with Crippen molar-refractivity contribution >= 4 is 17.4 Å². The molecule has 28 heavy (non-hydrogen) atoms. The SMILES string of the molecule is COc1ccccc1CCNCCCCC(=O)c1ccc(O)c(NC(C)=O)c1. The summed E-state index contributed by atoms with van der Waals surface area (Å²) in [6.45, 7) is 3.05. The molecule has 0 aromatic heterocycles. The molecule has 2 aromatic rings. The number of rotatable bonds is 11. The van der Waals surface area contributed by atoms with Crippen LogP contribution >= 0.6 is 0 Å². The molecule has 0 radical (unpaired) electrons. The number of amides is 1. The molecule has 0 unspecified atom stereocenters. The summed E-state index contributed by atoms with van der Waals surface area (Å²) in [6, 6.07) is 12.5. The van der Waals surface area contributed by atoms with Gasteiger partial charge in [0.25, 0.3) is 0 Å². The van der Waals surface area contributed by atoms with Crippen molar-refractivity contribution in [2.45, 2.75) is 32.6 Å². The van der Waals surface area contributed by atoms with Crippen LogP contribution in [0, 0.1) is 0 Å². The molecule has 0 spiro atoms. The van der Waals surface area contributed by atoms with Crippen molar-refractivity contribution in [3.05, 3.63) is 53.6 Å². The molecule has 1 amide bonds. The summed E-state index contributed by atoms with van der Waals surface area (Å²) in [5, 5.41) is 15.6. The second kappa shape index (κ2) is 11.1. The number of para-hydroxylation sites is 1. The van der Waals surface area contributed by atoms with Crippen LogP contribution in [0.3, 0.4) is 0 Å². The van der Waals surface area contributed by atoms with Gasteiger partial charge in [0.05, 0.1) is 12.8 Å². The van der Waals surface area contributed by atoms with Gasteiger partial charge in [-0.2, -0.15) is 0 Å². The molecule has 150 valence electrons. The number of anilines is 1. The van der Waals surface area contributed by atoms with Gasteiger partial charge in [-0.3, -0.25) is 9.59 Å². The standard InChI is InChI=1S/C22H28N2O4/c1-16(25)24-19-15-18(10-11-21(19)27)20(26)8-5-6-13-23-14-12-17-7-3-4-9-22(17)28-2/h3-4,7,9-11,15,23,27H,5-6,8,12-14H2,1-2H3,(H,24,25). The molecule has 0 saturated heterocycles. The second-order valence-electron chi connectivity index (χ2n) is 6.61. The van der Waals surface area contributed by atoms with Crippen LogP contribution in [0.4, 0.5) is 5.69 Å². The Bertz CT molecular complexity index is 805. The molecule has 6 heteroatoms. The fourth-order valence-electron chi connectivity index (χ4n) is 2.94. The number of hydrogen-bond acceptors (Lipinski definition) is 5. The van der Waals surface area contributed by atoms with Crippen molar-refractivity contribution in [3.63, 3.8) is 0 Å². The van der Waals surface area contributed by atoms with Gasteiger partial charge in [-0.15, -0.1) is 0 Å². The molecule has 0 atom stereocenters. The third kappa shape index (κ3) is 6.70. The molecule has 0 fully saturated rings. The number of carbonyl (C=O) groups is 2. The van der Waals surface area contributed by atoms with E-state index in [-0.39, 0.29) is 23.1 Å². The van der Waals surface area contributed by atoms with Gasteiger partial charge < -0.3 is 20.5 Å². The summed E-state index contributed by atoms with van der Waals surface area (Å²) in [4.78, 5) is 23.5. The molecule has 2 aromatic carbocycles. The number of aromatic hydroxyl groups is 1. The maximum absolute atomic E-state index is 12.3. The van der Waals surface area contributed by atoms with E-state index >= 15 is 0 Å². The number of nitrogens with one attached hydrogen (secondary N) is 2. The fourth-order valence-corrected chi connectivity index (χ4v) is 2.94. The van der Waals surface area contributed by atoms with Crippen molar-refractivity contribution in [3.8, 4) is 11.5 Å². The number of ketones is 1. The number of methoxy groups -OCH3 is 1. The Labute approximate surface area is 165 Å². The minimum Gasteiger partial charge on any atom is -0.506 e. The van der Waals surface area contributed by atoms with Gasteiger partial charge in [-0.25, -0.2) is 0 Å². The summed E-state index contributed by atoms with van der Waals surface area (Å²) in [6.07, 6.45) is 2.99. The van der Waals surface area contributed by atoms with Gasteiger partial charge in [-0.05, 0) is 62.2 Å². The highest BCUT2D eigenvalue weighted by molar-refractivity contribution is 5.99. The zero-order chi connectivity index (χ0) is 20.4. The normalized spacial score (nSPS) is 10.5. The third-order valence-corrected chi connectivity index (χ3v) is 4.40. The van der Waals surface area contributed by atoms with Gasteiger partial charge in [0.1, 0.15) is 11.5 Å². The van der Waals surface area contributed by atoms with E-state index in [9.17, 15) is 14.7 Å². The minimum absolute atomic E-state index is 0.000578. The molecular formula is C22H28N2O4. The van der Waals surface area contributed by atoms with E-state index in [0.29, 0.717) is 12.0 Å². The quantitative estimate of drug-likeness (QED) is 0.313. The molecule has 0 bridgehead atoms. The van der Waals surface area contributed by atoms with Crippen molar-refractivity contribution in [2.24, 2.45) is 0 Å². The highest BCUT2D eigenvalue weighted by Gasteiger charge is 2.10. The zero-order valence-corrected chi connectivity index (χ0v) is 16.5. The number of phenols is 1. The number of ether oxygens (including phenoxy) is 1. The number of carbonyl (C=O) groups excluding carboxylic acids is 2. The lowest BCUT2D eigenvalue weighted by Crippen LogP contribution is -2.19. The monoisotopic (exact) mass is 384 g/mol. The predicted molar refractivity (Wildman–Crippen MR) is 110 cm³/mol. The Morgan fingerprint density at radius 3 is 2.61 bits per heavy atom. The first kappa shape index (κ1) is 21.4. The van der Waals surface area contributed by atoms with Gasteiger partial charge >= 0.3 is 0 Å².